The van der Waals surface area contributed by atoms with Crippen molar-refractivity contribution < 1.29 is 14.4 Å². The van der Waals surface area contributed by atoms with Crippen LogP contribution in [-0.2, 0) is 9.59 Å². The third kappa shape index (κ3) is 2.23. The van der Waals surface area contributed by atoms with Crippen molar-refractivity contribution >= 4 is 23.8 Å². The van der Waals surface area contributed by atoms with Crippen LogP contribution in [0.4, 0.5) is 5.69 Å². The van der Waals surface area contributed by atoms with Crippen LogP contribution in [-0.4, -0.2) is 30.2 Å². The summed E-state index contributed by atoms with van der Waals surface area (Å²) in [5.41, 5.74) is 1.17. The summed E-state index contributed by atoms with van der Waals surface area (Å²) in [5, 5.41) is 2.31. The van der Waals surface area contributed by atoms with Gasteiger partial charge < -0.3 is 4.90 Å². The van der Waals surface area contributed by atoms with Crippen molar-refractivity contribution in [1.82, 2.24) is 5.32 Å². The lowest BCUT2D eigenvalue weighted by molar-refractivity contribution is -0.135. The molecule has 1 aromatic rings. The van der Waals surface area contributed by atoms with Crippen LogP contribution in [0.2, 0.25) is 0 Å². The van der Waals surface area contributed by atoms with Crippen molar-refractivity contribution in [3.8, 4) is 0 Å². The lowest BCUT2D eigenvalue weighted by Crippen LogP contribution is -2.64. The van der Waals surface area contributed by atoms with Crippen LogP contribution in [0, 0.1) is 6.92 Å². The monoisotopic (exact) mass is 260 g/mol. The molecule has 0 aromatic heterocycles. The third-order valence-electron chi connectivity index (χ3n) is 3.39. The van der Waals surface area contributed by atoms with E-state index < -0.39 is 5.54 Å². The smallest absolute Gasteiger partial charge is 0.251 e. The summed E-state index contributed by atoms with van der Waals surface area (Å²) in [6, 6.07) is 5.37. The van der Waals surface area contributed by atoms with Gasteiger partial charge in [-0.1, -0.05) is 11.6 Å². The van der Waals surface area contributed by atoms with Gasteiger partial charge in [-0.3, -0.25) is 19.7 Å². The molecule has 1 aliphatic rings. The Labute approximate surface area is 111 Å². The van der Waals surface area contributed by atoms with Crippen LogP contribution in [0.5, 0.6) is 0 Å². The summed E-state index contributed by atoms with van der Waals surface area (Å²) in [4.78, 5) is 36.3. The number of amides is 2. The number of rotatable bonds is 2. The molecule has 1 heterocycles. The highest BCUT2D eigenvalue weighted by Gasteiger charge is 2.41. The average Bonchev–Trinajstić information content (AvgIpc) is 2.34. The number of aryl methyl sites for hydroxylation is 1. The van der Waals surface area contributed by atoms with Gasteiger partial charge in [-0.2, -0.15) is 0 Å². The molecule has 5 heteroatoms. The molecule has 0 saturated carbocycles. The van der Waals surface area contributed by atoms with Gasteiger partial charge in [0.1, 0.15) is 5.54 Å². The van der Waals surface area contributed by atoms with E-state index in [2.05, 4.69) is 5.32 Å². The Morgan fingerprint density at radius 3 is 2.63 bits per heavy atom. The second-order valence-electron chi connectivity index (χ2n) is 5.20. The van der Waals surface area contributed by atoms with E-state index in [1.54, 1.807) is 30.9 Å². The minimum Gasteiger partial charge on any atom is -0.347 e. The number of imide groups is 1. The van der Waals surface area contributed by atoms with Crippen molar-refractivity contribution in [3.63, 3.8) is 0 Å². The van der Waals surface area contributed by atoms with Crippen LogP contribution >= 0.6 is 0 Å². The molecular weight excluding hydrogens is 244 g/mol. The molecule has 19 heavy (non-hydrogen) atoms. The van der Waals surface area contributed by atoms with E-state index in [0.29, 0.717) is 11.3 Å². The molecule has 0 radical (unpaired) electrons. The van der Waals surface area contributed by atoms with Crippen LogP contribution in [0.1, 0.15) is 29.8 Å². The molecule has 2 amide bonds. The Kier molecular flexibility index (Phi) is 3.14. The zero-order valence-corrected chi connectivity index (χ0v) is 11.2. The number of carbonyl (C=O) groups is 3. The SMILES string of the molecule is Cc1ccc(N2CC(=O)NC(=O)C2(C)C)c(C=O)c1. The van der Waals surface area contributed by atoms with Crippen molar-refractivity contribution in [2.75, 3.05) is 11.4 Å². The van der Waals surface area contributed by atoms with Gasteiger partial charge in [0.15, 0.2) is 6.29 Å². The van der Waals surface area contributed by atoms with Gasteiger partial charge in [0, 0.05) is 11.3 Å². The number of aldehydes is 1. The number of carbonyl (C=O) groups excluding carboxylic acids is 3. The molecule has 1 fully saturated rings. The van der Waals surface area contributed by atoms with Crippen molar-refractivity contribution in [2.24, 2.45) is 0 Å². The van der Waals surface area contributed by atoms with Crippen molar-refractivity contribution in [1.29, 1.82) is 0 Å². The molecule has 5 nitrogen and oxygen atoms in total. The molecule has 0 unspecified atom stereocenters. The van der Waals surface area contributed by atoms with Crippen LogP contribution < -0.4 is 10.2 Å². The molecule has 1 N–H and O–H groups in total. The van der Waals surface area contributed by atoms with E-state index in [4.69, 9.17) is 0 Å². The Bertz CT molecular complexity index is 564. The van der Waals surface area contributed by atoms with Crippen LogP contribution in [0.25, 0.3) is 0 Å². The Morgan fingerprint density at radius 1 is 1.32 bits per heavy atom. The number of anilines is 1. The zero-order valence-electron chi connectivity index (χ0n) is 11.2. The molecule has 100 valence electrons. The number of nitrogens with one attached hydrogen (secondary N) is 1. The maximum Gasteiger partial charge on any atom is 0.251 e. The number of nitrogens with zero attached hydrogens (tertiary/aromatic N) is 1. The van der Waals surface area contributed by atoms with Crippen LogP contribution in [0.3, 0.4) is 0 Å². The van der Waals surface area contributed by atoms with E-state index in [1.165, 1.54) is 0 Å². The highest BCUT2D eigenvalue weighted by Crippen LogP contribution is 2.29. The Morgan fingerprint density at radius 2 is 2.00 bits per heavy atom. The predicted molar refractivity (Wildman–Crippen MR) is 71.1 cm³/mol. The van der Waals surface area contributed by atoms with Gasteiger partial charge >= 0.3 is 0 Å². The topological polar surface area (TPSA) is 66.5 Å². The molecule has 0 atom stereocenters. The molecule has 0 aliphatic carbocycles. The molecule has 1 saturated heterocycles. The second kappa shape index (κ2) is 4.50. The number of piperazine rings is 1. The van der Waals surface area contributed by atoms with Gasteiger partial charge in [0.2, 0.25) is 5.91 Å². The molecule has 2 rings (SSSR count). The fourth-order valence-corrected chi connectivity index (χ4v) is 2.18. The normalized spacial score (nSPS) is 18.2. The summed E-state index contributed by atoms with van der Waals surface area (Å²) < 4.78 is 0. The standard InChI is InChI=1S/C14H16N2O3/c1-9-4-5-11(10(6-9)8-17)16-7-12(18)15-13(19)14(16,2)3/h4-6,8H,7H2,1-3H3,(H,15,18,19). The first-order chi connectivity index (χ1) is 8.86. The first-order valence-corrected chi connectivity index (χ1v) is 6.04. The van der Waals surface area contributed by atoms with E-state index in [0.717, 1.165) is 11.8 Å². The Balaban J connectivity index is 2.52. The maximum absolute atomic E-state index is 11.9. The molecular formula is C14H16N2O3. The summed E-state index contributed by atoms with van der Waals surface area (Å²) in [6.07, 6.45) is 0.745. The second-order valence-corrected chi connectivity index (χ2v) is 5.20. The molecule has 0 bridgehead atoms. The highest BCUT2D eigenvalue weighted by molar-refractivity contribution is 6.07. The lowest BCUT2D eigenvalue weighted by atomic mass is 9.96. The average molecular weight is 260 g/mol. The van der Waals surface area contributed by atoms with E-state index in [9.17, 15) is 14.4 Å². The van der Waals surface area contributed by atoms with E-state index in [-0.39, 0.29) is 18.4 Å². The van der Waals surface area contributed by atoms with Gasteiger partial charge in [0.25, 0.3) is 5.91 Å². The first-order valence-electron chi connectivity index (χ1n) is 6.04. The number of hydrogen-bond acceptors (Lipinski definition) is 4. The molecule has 1 aliphatic heterocycles. The maximum atomic E-state index is 11.9. The lowest BCUT2D eigenvalue weighted by Gasteiger charge is -2.42. The number of hydrogen-bond donors (Lipinski definition) is 1. The first kappa shape index (κ1) is 13.3. The third-order valence-corrected chi connectivity index (χ3v) is 3.39. The van der Waals surface area contributed by atoms with Gasteiger partial charge in [-0.25, -0.2) is 0 Å². The van der Waals surface area contributed by atoms with Gasteiger partial charge in [0.05, 0.1) is 6.54 Å². The summed E-state index contributed by atoms with van der Waals surface area (Å²) in [5.74, 6) is -0.720. The zero-order chi connectivity index (χ0) is 14.2. The minimum absolute atomic E-state index is 0.0582. The minimum atomic E-state index is -0.874. The quantitative estimate of drug-likeness (QED) is 0.637. The van der Waals surface area contributed by atoms with E-state index >= 15 is 0 Å². The van der Waals surface area contributed by atoms with E-state index in [1.807, 2.05) is 13.0 Å². The largest absolute Gasteiger partial charge is 0.347 e. The predicted octanol–water partition coefficient (Wildman–Crippen LogP) is 1.05. The summed E-state index contributed by atoms with van der Waals surface area (Å²) in [7, 11) is 0. The molecule has 0 spiro atoms. The fourth-order valence-electron chi connectivity index (χ4n) is 2.18. The van der Waals surface area contributed by atoms with Crippen LogP contribution in [0.15, 0.2) is 18.2 Å². The van der Waals surface area contributed by atoms with Crippen molar-refractivity contribution in [3.05, 3.63) is 29.3 Å². The van der Waals surface area contributed by atoms with Crippen molar-refractivity contribution in [2.45, 2.75) is 26.3 Å². The molecule has 1 aromatic carbocycles. The highest BCUT2D eigenvalue weighted by atomic mass is 16.2. The number of benzene rings is 1. The van der Waals surface area contributed by atoms with Gasteiger partial charge in [-0.05, 0) is 32.9 Å². The summed E-state index contributed by atoms with van der Waals surface area (Å²) in [6.45, 7) is 5.39. The fraction of sp³-hybridized carbons (Fsp3) is 0.357. The summed E-state index contributed by atoms with van der Waals surface area (Å²) >= 11 is 0. The Hall–Kier alpha value is -2.17. The van der Waals surface area contributed by atoms with Gasteiger partial charge in [-0.15, -0.1) is 0 Å².